The fourth-order valence-electron chi connectivity index (χ4n) is 3.42. The Morgan fingerprint density at radius 2 is 2.00 bits per heavy atom. The van der Waals surface area contributed by atoms with Gasteiger partial charge in [-0.1, -0.05) is 37.3 Å². The zero-order valence-electron chi connectivity index (χ0n) is 17.4. The first-order valence-corrected chi connectivity index (χ1v) is 11.2. The van der Waals surface area contributed by atoms with E-state index in [0.29, 0.717) is 16.8 Å². The summed E-state index contributed by atoms with van der Waals surface area (Å²) in [6.45, 7) is 7.62. The van der Waals surface area contributed by atoms with Crippen molar-refractivity contribution in [2.45, 2.75) is 26.2 Å². The van der Waals surface area contributed by atoms with Crippen molar-refractivity contribution < 1.29 is 14.3 Å². The van der Waals surface area contributed by atoms with E-state index in [1.54, 1.807) is 0 Å². The molecule has 1 atom stereocenters. The lowest BCUT2D eigenvalue weighted by atomic mass is 9.99. The second kappa shape index (κ2) is 9.45. The van der Waals surface area contributed by atoms with Gasteiger partial charge in [-0.3, -0.25) is 10.1 Å². The number of rotatable bonds is 7. The summed E-state index contributed by atoms with van der Waals surface area (Å²) in [5.41, 5.74) is 3.32. The zero-order valence-corrected chi connectivity index (χ0v) is 18.2. The molecule has 158 valence electrons. The van der Waals surface area contributed by atoms with Gasteiger partial charge in [0.2, 0.25) is 0 Å². The first-order valence-electron chi connectivity index (χ1n) is 10.4. The topological polar surface area (TPSA) is 63.7 Å². The molecule has 7 heteroatoms. The minimum Gasteiger partial charge on any atom is -0.484 e. The molecule has 0 radical (unpaired) electrons. The predicted octanol–water partition coefficient (Wildman–Crippen LogP) is 4.66. The summed E-state index contributed by atoms with van der Waals surface area (Å²) in [5.74, 6) is 0.996. The van der Waals surface area contributed by atoms with E-state index in [-0.39, 0.29) is 12.5 Å². The molecule has 1 unspecified atom stereocenters. The van der Waals surface area contributed by atoms with Crippen LogP contribution < -0.4 is 15.0 Å². The van der Waals surface area contributed by atoms with Crippen molar-refractivity contribution in [3.05, 3.63) is 48.0 Å². The normalized spacial score (nSPS) is 15.2. The highest BCUT2D eigenvalue weighted by atomic mass is 32.1. The predicted molar refractivity (Wildman–Crippen MR) is 122 cm³/mol. The Bertz CT molecular complexity index is 997. The summed E-state index contributed by atoms with van der Waals surface area (Å²) in [6.07, 6.45) is 1.10. The molecule has 6 nitrogen and oxygen atoms in total. The van der Waals surface area contributed by atoms with Gasteiger partial charge in [-0.15, -0.1) is 0 Å². The van der Waals surface area contributed by atoms with E-state index in [1.165, 1.54) is 16.9 Å². The van der Waals surface area contributed by atoms with Gasteiger partial charge in [0.15, 0.2) is 11.7 Å². The molecule has 2 heterocycles. The van der Waals surface area contributed by atoms with Crippen LogP contribution in [0.15, 0.2) is 42.5 Å². The number of anilines is 2. The van der Waals surface area contributed by atoms with Gasteiger partial charge in [0, 0.05) is 18.8 Å². The number of nitrogens with one attached hydrogen (secondary N) is 1. The molecule has 1 fully saturated rings. The molecule has 1 aromatic heterocycles. The van der Waals surface area contributed by atoms with Gasteiger partial charge in [-0.2, -0.15) is 0 Å². The van der Waals surface area contributed by atoms with Crippen molar-refractivity contribution >= 4 is 38.3 Å². The lowest BCUT2D eigenvalue weighted by Gasteiger charge is -2.28. The van der Waals surface area contributed by atoms with E-state index in [4.69, 9.17) is 9.47 Å². The van der Waals surface area contributed by atoms with Crippen LogP contribution in [0.25, 0.3) is 10.2 Å². The Morgan fingerprint density at radius 1 is 1.23 bits per heavy atom. The third-order valence-corrected chi connectivity index (χ3v) is 6.36. The monoisotopic (exact) mass is 425 g/mol. The van der Waals surface area contributed by atoms with Gasteiger partial charge < -0.3 is 14.4 Å². The maximum atomic E-state index is 12.3. The van der Waals surface area contributed by atoms with Crippen LogP contribution in [-0.4, -0.2) is 43.8 Å². The Balaban J connectivity index is 1.34. The van der Waals surface area contributed by atoms with Gasteiger partial charge in [0.05, 0.1) is 23.4 Å². The van der Waals surface area contributed by atoms with Crippen molar-refractivity contribution in [2.75, 3.05) is 43.1 Å². The highest BCUT2D eigenvalue weighted by Crippen LogP contribution is 2.30. The molecule has 2 aromatic carbocycles. The highest BCUT2D eigenvalue weighted by molar-refractivity contribution is 7.22. The molecule has 1 aliphatic rings. The molecular formula is C23H27N3O3S. The number of thiazole rings is 1. The van der Waals surface area contributed by atoms with Crippen LogP contribution in [0.4, 0.5) is 10.8 Å². The average molecular weight is 426 g/mol. The number of nitrogens with zero attached hydrogens (tertiary/aromatic N) is 2. The summed E-state index contributed by atoms with van der Waals surface area (Å²) in [5, 5.41) is 3.44. The van der Waals surface area contributed by atoms with Crippen molar-refractivity contribution in [2.24, 2.45) is 0 Å². The molecule has 1 aliphatic heterocycles. The van der Waals surface area contributed by atoms with E-state index in [9.17, 15) is 4.79 Å². The minimum atomic E-state index is -0.214. The van der Waals surface area contributed by atoms with Gasteiger partial charge in [-0.25, -0.2) is 4.98 Å². The number of carbonyl (C=O) groups is 1. The molecule has 1 N–H and O–H groups in total. The van der Waals surface area contributed by atoms with Crippen LogP contribution in [0.5, 0.6) is 5.75 Å². The number of aromatic nitrogens is 1. The first-order chi connectivity index (χ1) is 14.6. The molecule has 0 saturated carbocycles. The number of ether oxygens (including phenoxy) is 2. The largest absolute Gasteiger partial charge is 0.484 e. The summed E-state index contributed by atoms with van der Waals surface area (Å²) < 4.78 is 12.1. The molecule has 30 heavy (non-hydrogen) atoms. The maximum absolute atomic E-state index is 12.3. The standard InChI is InChI=1S/C23H27N3O3S/c1-3-16(2)17-4-7-19(8-5-17)29-15-22(27)25-23-24-20-9-6-18(14-21(20)30-23)26-10-12-28-13-11-26/h4-9,14,16H,3,10-13,15H2,1-2H3,(H,24,25,27). The minimum absolute atomic E-state index is 0.0440. The SMILES string of the molecule is CCC(C)c1ccc(OCC(=O)Nc2nc3ccc(N4CCOCC4)cc3s2)cc1. The molecule has 0 bridgehead atoms. The zero-order chi connectivity index (χ0) is 20.9. The lowest BCUT2D eigenvalue weighted by molar-refractivity contribution is -0.118. The quantitative estimate of drug-likeness (QED) is 0.596. The van der Waals surface area contributed by atoms with Crippen LogP contribution in [0, 0.1) is 0 Å². The van der Waals surface area contributed by atoms with Crippen LogP contribution in [0.3, 0.4) is 0 Å². The van der Waals surface area contributed by atoms with E-state index in [2.05, 4.69) is 53.3 Å². The van der Waals surface area contributed by atoms with E-state index >= 15 is 0 Å². The number of hydrogen-bond donors (Lipinski definition) is 1. The Labute approximate surface area is 180 Å². The fourth-order valence-corrected chi connectivity index (χ4v) is 4.33. The maximum Gasteiger partial charge on any atom is 0.264 e. The van der Waals surface area contributed by atoms with Crippen molar-refractivity contribution in [1.29, 1.82) is 0 Å². The summed E-state index contributed by atoms with van der Waals surface area (Å²) in [7, 11) is 0. The second-order valence-electron chi connectivity index (χ2n) is 7.49. The molecule has 0 aliphatic carbocycles. The van der Waals surface area contributed by atoms with Crippen molar-refractivity contribution in [1.82, 2.24) is 4.98 Å². The number of benzene rings is 2. The van der Waals surface area contributed by atoms with Gasteiger partial charge >= 0.3 is 0 Å². The van der Waals surface area contributed by atoms with Crippen LogP contribution >= 0.6 is 11.3 Å². The Morgan fingerprint density at radius 3 is 2.73 bits per heavy atom. The number of carbonyl (C=O) groups excluding carboxylic acids is 1. The fraction of sp³-hybridized carbons (Fsp3) is 0.391. The Hall–Kier alpha value is -2.64. The van der Waals surface area contributed by atoms with Crippen molar-refractivity contribution in [3.8, 4) is 5.75 Å². The molecule has 1 saturated heterocycles. The summed E-state index contributed by atoms with van der Waals surface area (Å²) in [6, 6.07) is 14.2. The number of amides is 1. The molecule has 1 amide bonds. The molecular weight excluding hydrogens is 398 g/mol. The smallest absolute Gasteiger partial charge is 0.264 e. The highest BCUT2D eigenvalue weighted by Gasteiger charge is 2.14. The number of hydrogen-bond acceptors (Lipinski definition) is 6. The van der Waals surface area contributed by atoms with Crippen LogP contribution in [-0.2, 0) is 9.53 Å². The Kier molecular flexibility index (Phi) is 6.50. The molecule has 3 aromatic rings. The van der Waals surface area contributed by atoms with Crippen molar-refractivity contribution in [3.63, 3.8) is 0 Å². The number of fused-ring (bicyclic) bond motifs is 1. The van der Waals surface area contributed by atoms with E-state index in [0.717, 1.165) is 48.6 Å². The third kappa shape index (κ3) is 4.91. The average Bonchev–Trinajstić information content (AvgIpc) is 3.19. The van der Waals surface area contributed by atoms with Crippen LogP contribution in [0.2, 0.25) is 0 Å². The van der Waals surface area contributed by atoms with E-state index < -0.39 is 0 Å². The second-order valence-corrected chi connectivity index (χ2v) is 8.52. The number of morpholine rings is 1. The molecule has 4 rings (SSSR count). The van der Waals surface area contributed by atoms with E-state index in [1.807, 2.05) is 18.2 Å². The van der Waals surface area contributed by atoms with Gasteiger partial charge in [0.1, 0.15) is 5.75 Å². The molecule has 0 spiro atoms. The van der Waals surface area contributed by atoms with Crippen LogP contribution in [0.1, 0.15) is 31.7 Å². The lowest BCUT2D eigenvalue weighted by Crippen LogP contribution is -2.36. The summed E-state index contributed by atoms with van der Waals surface area (Å²) in [4.78, 5) is 19.1. The summed E-state index contributed by atoms with van der Waals surface area (Å²) >= 11 is 1.48. The van der Waals surface area contributed by atoms with Gasteiger partial charge in [-0.05, 0) is 48.2 Å². The third-order valence-electron chi connectivity index (χ3n) is 5.43. The van der Waals surface area contributed by atoms with Gasteiger partial charge in [0.25, 0.3) is 5.91 Å². The first kappa shape index (κ1) is 20.6.